The lowest BCUT2D eigenvalue weighted by molar-refractivity contribution is -0.139. The molecule has 2 aliphatic rings. The summed E-state index contributed by atoms with van der Waals surface area (Å²) in [6.45, 7) is 0. The van der Waals surface area contributed by atoms with Crippen molar-refractivity contribution < 1.29 is 9.59 Å². The number of carbonyl (C=O) groups is 2. The van der Waals surface area contributed by atoms with Gasteiger partial charge in [-0.2, -0.15) is 0 Å². The summed E-state index contributed by atoms with van der Waals surface area (Å²) in [5.41, 5.74) is 10.2. The molecule has 0 spiro atoms. The molecule has 0 aliphatic heterocycles. The van der Waals surface area contributed by atoms with Crippen LogP contribution in [0.1, 0.15) is 36.4 Å². The Balaban J connectivity index is 1.53. The summed E-state index contributed by atoms with van der Waals surface area (Å²) in [5.74, 6) is -0.932. The van der Waals surface area contributed by atoms with Crippen LogP contribution >= 0.6 is 0 Å². The number of amides is 2. The molecule has 3 N–H and O–H groups in total. The Kier molecular flexibility index (Phi) is 4.04. The number of rotatable bonds is 4. The van der Waals surface area contributed by atoms with Crippen LogP contribution in [0, 0.1) is 11.8 Å². The van der Waals surface area contributed by atoms with Crippen molar-refractivity contribution in [2.75, 3.05) is 0 Å². The molecule has 25 heavy (non-hydrogen) atoms. The molecule has 0 radical (unpaired) electrons. The number of hydrogen-bond donors (Lipinski definition) is 2. The summed E-state index contributed by atoms with van der Waals surface area (Å²) < 4.78 is 0. The van der Waals surface area contributed by atoms with Crippen molar-refractivity contribution in [1.29, 1.82) is 0 Å². The molecule has 2 amide bonds. The number of nitrogens with two attached hydrogens (primary N) is 1. The molecule has 3 atom stereocenters. The van der Waals surface area contributed by atoms with Crippen molar-refractivity contribution in [2.24, 2.45) is 17.6 Å². The number of nitrogens with one attached hydrogen (secondary N) is 1. The van der Waals surface area contributed by atoms with Gasteiger partial charge in [-0.15, -0.1) is 0 Å². The lowest BCUT2D eigenvalue weighted by Gasteiger charge is -2.33. The van der Waals surface area contributed by atoms with Gasteiger partial charge in [-0.05, 0) is 54.0 Å². The minimum Gasteiger partial charge on any atom is -0.369 e. The fourth-order valence-electron chi connectivity index (χ4n) is 4.00. The first kappa shape index (κ1) is 15.9. The number of carbonyl (C=O) groups excluding carboxylic acids is 2. The van der Waals surface area contributed by atoms with E-state index in [1.54, 1.807) is 0 Å². The highest BCUT2D eigenvalue weighted by Gasteiger charge is 2.41. The smallest absolute Gasteiger partial charge is 0.224 e. The Hall–Kier alpha value is -2.62. The van der Waals surface area contributed by atoms with Gasteiger partial charge in [0.05, 0.1) is 6.04 Å². The quantitative estimate of drug-likeness (QED) is 0.902. The summed E-state index contributed by atoms with van der Waals surface area (Å²) >= 11 is 0. The lowest BCUT2D eigenvalue weighted by Crippen LogP contribution is -2.46. The van der Waals surface area contributed by atoms with Crippen molar-refractivity contribution in [1.82, 2.24) is 5.32 Å². The molecular formula is C21H22N2O2. The van der Waals surface area contributed by atoms with Crippen molar-refractivity contribution in [3.63, 3.8) is 0 Å². The molecule has 2 aliphatic carbocycles. The zero-order chi connectivity index (χ0) is 17.4. The van der Waals surface area contributed by atoms with Crippen LogP contribution in [0.3, 0.4) is 0 Å². The van der Waals surface area contributed by atoms with Crippen LogP contribution in [0.15, 0.2) is 48.5 Å². The molecule has 4 rings (SSSR count). The molecule has 0 aromatic heterocycles. The van der Waals surface area contributed by atoms with E-state index in [9.17, 15) is 9.59 Å². The Morgan fingerprint density at radius 3 is 2.36 bits per heavy atom. The second kappa shape index (κ2) is 6.36. The van der Waals surface area contributed by atoms with Gasteiger partial charge >= 0.3 is 0 Å². The van der Waals surface area contributed by atoms with Crippen molar-refractivity contribution in [3.8, 4) is 11.1 Å². The maximum Gasteiger partial charge on any atom is 0.224 e. The zero-order valence-corrected chi connectivity index (χ0v) is 14.1. The monoisotopic (exact) mass is 334 g/mol. The largest absolute Gasteiger partial charge is 0.369 e. The lowest BCUT2D eigenvalue weighted by atomic mass is 9.72. The summed E-state index contributed by atoms with van der Waals surface area (Å²) in [7, 11) is 0. The Bertz CT molecular complexity index is 816. The predicted octanol–water partition coefficient (Wildman–Crippen LogP) is 2.97. The van der Waals surface area contributed by atoms with Gasteiger partial charge in [-0.1, -0.05) is 42.5 Å². The van der Waals surface area contributed by atoms with Crippen molar-refractivity contribution >= 4 is 11.8 Å². The Morgan fingerprint density at radius 2 is 1.68 bits per heavy atom. The molecule has 1 saturated carbocycles. The minimum atomic E-state index is -0.357. The van der Waals surface area contributed by atoms with E-state index < -0.39 is 0 Å². The van der Waals surface area contributed by atoms with Crippen LogP contribution in [0.5, 0.6) is 0 Å². The van der Waals surface area contributed by atoms with E-state index in [2.05, 4.69) is 35.6 Å². The van der Waals surface area contributed by atoms with Crippen LogP contribution in [0.4, 0.5) is 0 Å². The third-order valence-electron chi connectivity index (χ3n) is 5.62. The Morgan fingerprint density at radius 1 is 0.920 bits per heavy atom. The molecule has 0 heterocycles. The molecular weight excluding hydrogens is 312 g/mol. The van der Waals surface area contributed by atoms with Gasteiger partial charge < -0.3 is 11.1 Å². The number of aryl methyl sites for hydroxylation is 1. The molecule has 128 valence electrons. The summed E-state index contributed by atoms with van der Waals surface area (Å²) in [6, 6.07) is 16.8. The highest BCUT2D eigenvalue weighted by atomic mass is 16.2. The molecule has 0 bridgehead atoms. The molecule has 2 aromatic rings. The van der Waals surface area contributed by atoms with Crippen LogP contribution in [0.25, 0.3) is 11.1 Å². The summed E-state index contributed by atoms with van der Waals surface area (Å²) in [5, 5.41) is 3.15. The minimum absolute atomic E-state index is 0.0280. The zero-order valence-electron chi connectivity index (χ0n) is 14.1. The third-order valence-corrected chi connectivity index (χ3v) is 5.62. The number of benzene rings is 2. The highest BCUT2D eigenvalue weighted by Crippen LogP contribution is 2.37. The van der Waals surface area contributed by atoms with E-state index in [1.807, 2.05) is 18.2 Å². The number of fused-ring (bicyclic) bond motifs is 1. The van der Waals surface area contributed by atoms with Gasteiger partial charge in [0.15, 0.2) is 0 Å². The summed E-state index contributed by atoms with van der Waals surface area (Å²) in [6.07, 6.45) is 3.36. The van der Waals surface area contributed by atoms with Gasteiger partial charge in [0.2, 0.25) is 11.8 Å². The van der Waals surface area contributed by atoms with Crippen molar-refractivity contribution in [3.05, 3.63) is 59.7 Å². The van der Waals surface area contributed by atoms with E-state index >= 15 is 0 Å². The molecule has 4 nitrogen and oxygen atoms in total. The average molecular weight is 334 g/mol. The van der Waals surface area contributed by atoms with E-state index in [-0.39, 0.29) is 29.7 Å². The first-order valence-electron chi connectivity index (χ1n) is 8.91. The molecule has 1 fully saturated rings. The third kappa shape index (κ3) is 2.93. The van der Waals surface area contributed by atoms with E-state index in [4.69, 9.17) is 5.73 Å². The predicted molar refractivity (Wildman–Crippen MR) is 96.5 cm³/mol. The van der Waals surface area contributed by atoms with Gasteiger partial charge in [0.1, 0.15) is 0 Å². The van der Waals surface area contributed by atoms with E-state index in [1.165, 1.54) is 22.3 Å². The van der Waals surface area contributed by atoms with Gasteiger partial charge in [0.25, 0.3) is 0 Å². The van der Waals surface area contributed by atoms with Gasteiger partial charge in [-0.3, -0.25) is 9.59 Å². The summed E-state index contributed by atoms with van der Waals surface area (Å²) in [4.78, 5) is 23.9. The SMILES string of the molecule is NC(=O)C1CCC1C(=O)NC1CCc2ccc(-c3ccccc3)cc21. The molecule has 4 heteroatoms. The van der Waals surface area contributed by atoms with E-state index in [0.717, 1.165) is 25.7 Å². The average Bonchev–Trinajstić information content (AvgIpc) is 2.96. The maximum absolute atomic E-state index is 12.5. The second-order valence-electron chi connectivity index (χ2n) is 7.07. The Labute approximate surface area is 147 Å². The molecule has 2 aromatic carbocycles. The van der Waals surface area contributed by atoms with Gasteiger partial charge in [-0.25, -0.2) is 0 Å². The fourth-order valence-corrected chi connectivity index (χ4v) is 4.00. The van der Waals surface area contributed by atoms with Crippen LogP contribution < -0.4 is 11.1 Å². The standard InChI is InChI=1S/C21H22N2O2/c22-20(24)16-9-10-17(16)21(25)23-19-11-8-14-6-7-15(12-18(14)19)13-4-2-1-3-5-13/h1-7,12,16-17,19H,8-11H2,(H2,22,24)(H,23,25). The molecule has 3 unspecified atom stereocenters. The highest BCUT2D eigenvalue weighted by molar-refractivity contribution is 5.88. The van der Waals surface area contributed by atoms with Crippen LogP contribution in [0.2, 0.25) is 0 Å². The number of hydrogen-bond acceptors (Lipinski definition) is 2. The topological polar surface area (TPSA) is 72.2 Å². The molecule has 0 saturated heterocycles. The first-order valence-corrected chi connectivity index (χ1v) is 8.91. The van der Waals surface area contributed by atoms with Gasteiger partial charge in [0, 0.05) is 11.8 Å². The first-order chi connectivity index (χ1) is 12.1. The normalized spacial score (nSPS) is 24.2. The van der Waals surface area contributed by atoms with Crippen molar-refractivity contribution in [2.45, 2.75) is 31.7 Å². The van der Waals surface area contributed by atoms with Crippen LogP contribution in [-0.4, -0.2) is 11.8 Å². The number of primary amides is 1. The second-order valence-corrected chi connectivity index (χ2v) is 7.07. The van der Waals surface area contributed by atoms with Crippen LogP contribution in [-0.2, 0) is 16.0 Å². The maximum atomic E-state index is 12.5. The van der Waals surface area contributed by atoms with E-state index in [0.29, 0.717) is 0 Å². The fraction of sp³-hybridized carbons (Fsp3) is 0.333.